The van der Waals surface area contributed by atoms with Gasteiger partial charge in [-0.05, 0) is 31.2 Å². The van der Waals surface area contributed by atoms with E-state index in [1.165, 1.54) is 5.56 Å². The Kier molecular flexibility index (Phi) is 5.74. The van der Waals surface area contributed by atoms with E-state index in [1.807, 2.05) is 13.1 Å². The summed E-state index contributed by atoms with van der Waals surface area (Å²) in [4.78, 5) is 0. The van der Waals surface area contributed by atoms with Gasteiger partial charge in [0, 0.05) is 29.1 Å². The monoisotopic (exact) mass is 349 g/mol. The smallest absolute Gasteiger partial charge is 0.261 e. The Hall–Kier alpha value is -0.720. The molecule has 3 nitrogen and oxygen atoms in total. The van der Waals surface area contributed by atoms with Crippen LogP contribution in [0.1, 0.15) is 23.6 Å². The first-order valence-corrected chi connectivity index (χ1v) is 7.39. The van der Waals surface area contributed by atoms with E-state index in [0.717, 1.165) is 22.2 Å². The van der Waals surface area contributed by atoms with Crippen LogP contribution in [-0.4, -0.2) is 33.3 Å². The lowest BCUT2D eigenvalue weighted by Crippen LogP contribution is -2.20. The van der Waals surface area contributed by atoms with Crippen molar-refractivity contribution in [3.8, 4) is 5.75 Å². The number of benzene rings is 1. The van der Waals surface area contributed by atoms with Crippen molar-refractivity contribution < 1.29 is 18.3 Å². The third kappa shape index (κ3) is 3.90. The van der Waals surface area contributed by atoms with Crippen LogP contribution in [0.15, 0.2) is 16.6 Å². The number of halogens is 3. The van der Waals surface area contributed by atoms with Crippen molar-refractivity contribution in [2.45, 2.75) is 25.3 Å². The van der Waals surface area contributed by atoms with Gasteiger partial charge >= 0.3 is 0 Å². The van der Waals surface area contributed by atoms with E-state index in [0.29, 0.717) is 13.0 Å². The van der Waals surface area contributed by atoms with Crippen LogP contribution in [0.25, 0.3) is 0 Å². The zero-order chi connectivity index (χ0) is 14.5. The number of rotatable bonds is 7. The van der Waals surface area contributed by atoms with Gasteiger partial charge in [-0.2, -0.15) is 0 Å². The van der Waals surface area contributed by atoms with Crippen molar-refractivity contribution in [1.82, 2.24) is 5.32 Å². The maximum absolute atomic E-state index is 12.0. The van der Waals surface area contributed by atoms with Gasteiger partial charge in [-0.25, -0.2) is 8.78 Å². The van der Waals surface area contributed by atoms with E-state index in [9.17, 15) is 8.78 Å². The van der Waals surface area contributed by atoms with Gasteiger partial charge in [0.25, 0.3) is 6.43 Å². The molecule has 0 aromatic heterocycles. The van der Waals surface area contributed by atoms with Crippen molar-refractivity contribution in [1.29, 1.82) is 0 Å². The van der Waals surface area contributed by atoms with Gasteiger partial charge in [-0.1, -0.05) is 15.9 Å². The van der Waals surface area contributed by atoms with Crippen molar-refractivity contribution in [2.75, 3.05) is 26.9 Å². The van der Waals surface area contributed by atoms with Crippen molar-refractivity contribution in [3.63, 3.8) is 0 Å². The van der Waals surface area contributed by atoms with Crippen LogP contribution in [0, 0.1) is 0 Å². The van der Waals surface area contributed by atoms with Crippen LogP contribution < -0.4 is 10.1 Å². The number of fused-ring (bicyclic) bond motifs is 1. The summed E-state index contributed by atoms with van der Waals surface area (Å²) in [6.45, 7) is 0.470. The number of ether oxygens (including phenoxy) is 2. The molecule has 0 bridgehead atoms. The number of hydrogen-bond acceptors (Lipinski definition) is 3. The molecule has 1 aliphatic heterocycles. The SMILES string of the molecule is CNC(CCOCC(F)F)c1cc(Br)cc2c1OCC2. The van der Waals surface area contributed by atoms with E-state index in [-0.39, 0.29) is 12.6 Å². The Labute approximate surface area is 125 Å². The van der Waals surface area contributed by atoms with E-state index in [1.54, 1.807) is 0 Å². The molecule has 20 heavy (non-hydrogen) atoms. The summed E-state index contributed by atoms with van der Waals surface area (Å²) in [6, 6.07) is 4.10. The molecule has 1 aromatic rings. The molecule has 0 amide bonds. The van der Waals surface area contributed by atoms with E-state index < -0.39 is 13.0 Å². The first-order valence-electron chi connectivity index (χ1n) is 6.60. The Morgan fingerprint density at radius 3 is 2.95 bits per heavy atom. The normalized spacial score (nSPS) is 15.2. The summed E-state index contributed by atoms with van der Waals surface area (Å²) in [5.74, 6) is 0.918. The summed E-state index contributed by atoms with van der Waals surface area (Å²) < 4.78 is 35.7. The molecule has 0 saturated carbocycles. The highest BCUT2D eigenvalue weighted by molar-refractivity contribution is 9.10. The molecule has 1 atom stereocenters. The van der Waals surface area contributed by atoms with Crippen LogP contribution in [-0.2, 0) is 11.2 Å². The Bertz CT molecular complexity index is 457. The predicted molar refractivity (Wildman–Crippen MR) is 76.6 cm³/mol. The summed E-state index contributed by atoms with van der Waals surface area (Å²) in [7, 11) is 1.85. The molecule has 1 aromatic carbocycles. The minimum atomic E-state index is -2.42. The number of hydrogen-bond donors (Lipinski definition) is 1. The van der Waals surface area contributed by atoms with Gasteiger partial charge in [-0.15, -0.1) is 0 Å². The van der Waals surface area contributed by atoms with Crippen LogP contribution in [0.3, 0.4) is 0 Å². The highest BCUT2D eigenvalue weighted by atomic mass is 79.9. The lowest BCUT2D eigenvalue weighted by Gasteiger charge is -2.20. The number of nitrogens with one attached hydrogen (secondary N) is 1. The molecule has 1 N–H and O–H groups in total. The van der Waals surface area contributed by atoms with Crippen molar-refractivity contribution >= 4 is 15.9 Å². The lowest BCUT2D eigenvalue weighted by atomic mass is 10.00. The first kappa shape index (κ1) is 15.7. The van der Waals surface area contributed by atoms with Crippen LogP contribution in [0.4, 0.5) is 8.78 Å². The highest BCUT2D eigenvalue weighted by Crippen LogP contribution is 2.37. The molecule has 112 valence electrons. The topological polar surface area (TPSA) is 30.5 Å². The fraction of sp³-hybridized carbons (Fsp3) is 0.571. The second-order valence-corrected chi connectivity index (χ2v) is 5.59. The zero-order valence-corrected chi connectivity index (χ0v) is 12.9. The van der Waals surface area contributed by atoms with Crippen molar-refractivity contribution in [2.24, 2.45) is 0 Å². The van der Waals surface area contributed by atoms with Crippen LogP contribution in [0.2, 0.25) is 0 Å². The molecule has 0 saturated heterocycles. The molecule has 0 radical (unpaired) electrons. The third-order valence-electron chi connectivity index (χ3n) is 3.30. The largest absolute Gasteiger partial charge is 0.493 e. The van der Waals surface area contributed by atoms with Crippen LogP contribution in [0.5, 0.6) is 5.75 Å². The molecule has 0 spiro atoms. The molecule has 1 aliphatic rings. The fourth-order valence-corrected chi connectivity index (χ4v) is 2.91. The van der Waals surface area contributed by atoms with Gasteiger partial charge < -0.3 is 14.8 Å². The Balaban J connectivity index is 2.04. The standard InChI is InChI=1S/C14H18BrF2NO2/c1-18-12(3-4-19-8-13(16)17)11-7-10(15)6-9-2-5-20-14(9)11/h6-7,12-13,18H,2-5,8H2,1H3. The van der Waals surface area contributed by atoms with E-state index in [2.05, 4.69) is 27.3 Å². The van der Waals surface area contributed by atoms with E-state index >= 15 is 0 Å². The van der Waals surface area contributed by atoms with Gasteiger partial charge in [-0.3, -0.25) is 0 Å². The maximum Gasteiger partial charge on any atom is 0.261 e. The minimum absolute atomic E-state index is 0.0250. The molecule has 6 heteroatoms. The average molecular weight is 350 g/mol. The average Bonchev–Trinajstić information content (AvgIpc) is 2.86. The Morgan fingerprint density at radius 1 is 1.45 bits per heavy atom. The van der Waals surface area contributed by atoms with Crippen LogP contribution >= 0.6 is 15.9 Å². The second-order valence-electron chi connectivity index (χ2n) is 4.68. The Morgan fingerprint density at radius 2 is 2.25 bits per heavy atom. The first-order chi connectivity index (χ1) is 9.61. The molecular weight excluding hydrogens is 332 g/mol. The summed E-state index contributed by atoms with van der Waals surface area (Å²) in [5, 5.41) is 3.20. The van der Waals surface area contributed by atoms with E-state index in [4.69, 9.17) is 9.47 Å². The van der Waals surface area contributed by atoms with Crippen molar-refractivity contribution in [3.05, 3.63) is 27.7 Å². The molecule has 0 aliphatic carbocycles. The van der Waals surface area contributed by atoms with Gasteiger partial charge in [0.1, 0.15) is 12.4 Å². The summed E-state index contributed by atoms with van der Waals surface area (Å²) >= 11 is 3.50. The highest BCUT2D eigenvalue weighted by Gasteiger charge is 2.22. The summed E-state index contributed by atoms with van der Waals surface area (Å²) in [5.41, 5.74) is 2.23. The predicted octanol–water partition coefficient (Wildman–Crippen LogP) is 3.32. The molecule has 2 rings (SSSR count). The minimum Gasteiger partial charge on any atom is -0.493 e. The maximum atomic E-state index is 12.0. The summed E-state index contributed by atoms with van der Waals surface area (Å²) in [6.07, 6.45) is -0.892. The number of alkyl halides is 2. The molecule has 0 fully saturated rings. The van der Waals surface area contributed by atoms with Gasteiger partial charge in [0.05, 0.1) is 6.61 Å². The van der Waals surface area contributed by atoms with Gasteiger partial charge in [0.15, 0.2) is 0 Å². The molecule has 1 unspecified atom stereocenters. The zero-order valence-electron chi connectivity index (χ0n) is 11.3. The fourth-order valence-electron chi connectivity index (χ4n) is 2.39. The quantitative estimate of drug-likeness (QED) is 0.766. The third-order valence-corrected chi connectivity index (χ3v) is 3.75. The molecule has 1 heterocycles. The second kappa shape index (κ2) is 7.33. The lowest BCUT2D eigenvalue weighted by molar-refractivity contribution is 0.0145. The van der Waals surface area contributed by atoms with Gasteiger partial charge in [0.2, 0.25) is 0 Å². The molecular formula is C14H18BrF2NO2.